The number of carboxylic acids is 1. The average molecular weight is 558 g/mol. The third kappa shape index (κ3) is 5.95. The molecule has 0 aliphatic carbocycles. The van der Waals surface area contributed by atoms with Gasteiger partial charge in [-0.25, -0.2) is 9.18 Å². The first-order valence-electron chi connectivity index (χ1n) is 11.5. The Morgan fingerprint density at radius 1 is 1.05 bits per heavy atom. The Morgan fingerprint density at radius 2 is 1.71 bits per heavy atom. The highest BCUT2D eigenvalue weighted by molar-refractivity contribution is 6.40. The molecule has 0 saturated heterocycles. The fourth-order valence-corrected chi connectivity index (χ4v) is 4.45. The van der Waals surface area contributed by atoms with Crippen LogP contribution in [-0.2, 0) is 20.8 Å². The lowest BCUT2D eigenvalue weighted by Crippen LogP contribution is -2.51. The topological polar surface area (TPSA) is 117 Å². The number of halogens is 3. The summed E-state index contributed by atoms with van der Waals surface area (Å²) in [6, 6.07) is 15.9. The van der Waals surface area contributed by atoms with E-state index < -0.39 is 35.2 Å². The smallest absolute Gasteiger partial charge is 0.326 e. The van der Waals surface area contributed by atoms with E-state index >= 15 is 0 Å². The first-order chi connectivity index (χ1) is 18.1. The number of aliphatic carboxylic acids is 1. The van der Waals surface area contributed by atoms with Crippen LogP contribution in [-0.4, -0.2) is 40.2 Å². The van der Waals surface area contributed by atoms with Crippen molar-refractivity contribution in [2.45, 2.75) is 31.4 Å². The molecule has 0 bridgehead atoms. The second kappa shape index (κ2) is 11.2. The third-order valence-corrected chi connectivity index (χ3v) is 6.60. The molecule has 0 radical (unpaired) electrons. The summed E-state index contributed by atoms with van der Waals surface area (Å²) in [6.07, 6.45) is -0.0707. The van der Waals surface area contributed by atoms with Crippen molar-refractivity contribution in [1.29, 1.82) is 0 Å². The fraction of sp³-hybridized carbons (Fsp3) is 0.185. The van der Waals surface area contributed by atoms with E-state index in [0.29, 0.717) is 11.3 Å². The highest BCUT2D eigenvalue weighted by Crippen LogP contribution is 2.28. The maximum atomic E-state index is 14.1. The molecule has 2 atom stereocenters. The van der Waals surface area contributed by atoms with Gasteiger partial charge in [-0.2, -0.15) is 0 Å². The van der Waals surface area contributed by atoms with Crippen LogP contribution >= 0.6 is 23.2 Å². The SMILES string of the molecule is CC1(C(=O)N[C@@H](Cc2ccc(NC(=O)c3c(Cl)cccc3Cl)cc2)C(=O)O)CC(c2ccccc2F)=NO1. The van der Waals surface area contributed by atoms with E-state index in [9.17, 15) is 23.9 Å². The molecule has 0 spiro atoms. The van der Waals surface area contributed by atoms with Crippen molar-refractivity contribution in [2.24, 2.45) is 5.16 Å². The third-order valence-electron chi connectivity index (χ3n) is 5.97. The van der Waals surface area contributed by atoms with Gasteiger partial charge in [0.1, 0.15) is 11.9 Å². The minimum absolute atomic E-state index is 0.0318. The molecule has 1 aliphatic rings. The van der Waals surface area contributed by atoms with Gasteiger partial charge in [-0.3, -0.25) is 9.59 Å². The highest BCUT2D eigenvalue weighted by Gasteiger charge is 2.44. The van der Waals surface area contributed by atoms with Crippen LogP contribution in [0, 0.1) is 5.82 Å². The van der Waals surface area contributed by atoms with Crippen molar-refractivity contribution >= 4 is 52.4 Å². The monoisotopic (exact) mass is 557 g/mol. The van der Waals surface area contributed by atoms with E-state index in [1.54, 1.807) is 48.5 Å². The van der Waals surface area contributed by atoms with Crippen LogP contribution in [0.4, 0.5) is 10.1 Å². The predicted octanol–water partition coefficient (Wildman–Crippen LogP) is 5.08. The number of nitrogens with one attached hydrogen (secondary N) is 2. The van der Waals surface area contributed by atoms with Crippen LogP contribution in [0.25, 0.3) is 0 Å². The number of anilines is 1. The number of oxime groups is 1. The number of benzene rings is 3. The number of rotatable bonds is 8. The van der Waals surface area contributed by atoms with Crippen LogP contribution < -0.4 is 10.6 Å². The van der Waals surface area contributed by atoms with Crippen LogP contribution in [0.1, 0.15) is 34.8 Å². The summed E-state index contributed by atoms with van der Waals surface area (Å²) in [7, 11) is 0. The molecular weight excluding hydrogens is 536 g/mol. The van der Waals surface area contributed by atoms with Crippen molar-refractivity contribution in [2.75, 3.05) is 5.32 Å². The maximum absolute atomic E-state index is 14.1. The van der Waals surface area contributed by atoms with Crippen LogP contribution in [0.15, 0.2) is 71.9 Å². The molecule has 196 valence electrons. The molecule has 1 heterocycles. The lowest BCUT2D eigenvalue weighted by molar-refractivity contribution is -0.148. The van der Waals surface area contributed by atoms with Gasteiger partial charge in [-0.05, 0) is 42.8 Å². The van der Waals surface area contributed by atoms with E-state index in [1.165, 1.54) is 25.1 Å². The van der Waals surface area contributed by atoms with Gasteiger partial charge in [0.25, 0.3) is 11.8 Å². The quantitative estimate of drug-likeness (QED) is 0.357. The second-order valence-electron chi connectivity index (χ2n) is 8.83. The number of carboxylic acid groups (broad SMARTS) is 1. The summed E-state index contributed by atoms with van der Waals surface area (Å²) in [5.41, 5.74) is 0.131. The Hall–Kier alpha value is -3.95. The molecule has 0 saturated carbocycles. The normalized spacial score (nSPS) is 17.2. The van der Waals surface area contributed by atoms with Crippen molar-refractivity contribution < 1.29 is 28.7 Å². The first kappa shape index (κ1) is 27.1. The summed E-state index contributed by atoms with van der Waals surface area (Å²) < 4.78 is 14.1. The van der Waals surface area contributed by atoms with Gasteiger partial charge in [0.2, 0.25) is 5.60 Å². The van der Waals surface area contributed by atoms with Gasteiger partial charge in [0, 0.05) is 24.1 Å². The van der Waals surface area contributed by atoms with Gasteiger partial charge in [-0.15, -0.1) is 0 Å². The molecule has 3 aromatic rings. The zero-order chi connectivity index (χ0) is 27.4. The summed E-state index contributed by atoms with van der Waals surface area (Å²) in [5.74, 6) is -2.94. The lowest BCUT2D eigenvalue weighted by Gasteiger charge is -2.23. The molecule has 38 heavy (non-hydrogen) atoms. The highest BCUT2D eigenvalue weighted by atomic mass is 35.5. The average Bonchev–Trinajstić information content (AvgIpc) is 3.28. The molecule has 0 fully saturated rings. The Bertz CT molecular complexity index is 1410. The second-order valence-corrected chi connectivity index (χ2v) is 9.65. The number of amides is 2. The molecule has 3 N–H and O–H groups in total. The lowest BCUT2D eigenvalue weighted by atomic mass is 9.94. The minimum Gasteiger partial charge on any atom is -0.480 e. The van der Waals surface area contributed by atoms with Gasteiger partial charge in [-0.1, -0.05) is 64.8 Å². The van der Waals surface area contributed by atoms with Crippen LogP contribution in [0.2, 0.25) is 10.0 Å². The van der Waals surface area contributed by atoms with Crippen molar-refractivity contribution in [3.63, 3.8) is 0 Å². The molecule has 3 aromatic carbocycles. The van der Waals surface area contributed by atoms with Crippen molar-refractivity contribution in [1.82, 2.24) is 5.32 Å². The Labute approximate surface area is 227 Å². The zero-order valence-corrected chi connectivity index (χ0v) is 21.5. The maximum Gasteiger partial charge on any atom is 0.326 e. The first-order valence-corrected chi connectivity index (χ1v) is 12.2. The number of nitrogens with zero attached hydrogens (tertiary/aromatic N) is 1. The zero-order valence-electron chi connectivity index (χ0n) is 20.0. The van der Waals surface area contributed by atoms with E-state index in [4.69, 9.17) is 28.0 Å². The molecule has 0 aromatic heterocycles. The molecule has 1 unspecified atom stereocenters. The standard InChI is InChI=1S/C27H22Cl2FN3O5/c1-27(14-22(33-38-27)17-5-2-3-8-20(17)30)26(37)32-21(25(35)36)13-15-9-11-16(12-10-15)31-24(34)23-18(28)6-4-7-19(23)29/h2-12,21H,13-14H2,1H3,(H,31,34)(H,32,37)(H,35,36)/t21-,27?/m0/s1. The van der Waals surface area contributed by atoms with Crippen molar-refractivity contribution in [3.8, 4) is 0 Å². The van der Waals surface area contributed by atoms with E-state index in [1.807, 2.05) is 0 Å². The Balaban J connectivity index is 1.39. The van der Waals surface area contributed by atoms with Gasteiger partial charge in [0.15, 0.2) is 0 Å². The van der Waals surface area contributed by atoms with E-state index in [-0.39, 0.29) is 39.7 Å². The fourth-order valence-electron chi connectivity index (χ4n) is 3.88. The molecular formula is C27H22Cl2FN3O5. The van der Waals surface area contributed by atoms with Crippen LogP contribution in [0.5, 0.6) is 0 Å². The van der Waals surface area contributed by atoms with Gasteiger partial charge in [0.05, 0.1) is 21.3 Å². The summed E-state index contributed by atoms with van der Waals surface area (Å²) >= 11 is 12.2. The number of hydrogen-bond donors (Lipinski definition) is 3. The number of carbonyl (C=O) groups excluding carboxylic acids is 2. The summed E-state index contributed by atoms with van der Waals surface area (Å²) in [4.78, 5) is 42.8. The summed E-state index contributed by atoms with van der Waals surface area (Å²) in [6.45, 7) is 1.46. The summed E-state index contributed by atoms with van der Waals surface area (Å²) in [5, 5.41) is 19.2. The minimum atomic E-state index is -1.50. The van der Waals surface area contributed by atoms with Crippen LogP contribution in [0.3, 0.4) is 0 Å². The molecule has 2 amide bonds. The van der Waals surface area contributed by atoms with E-state index in [2.05, 4.69) is 15.8 Å². The largest absolute Gasteiger partial charge is 0.480 e. The number of hydrogen-bond acceptors (Lipinski definition) is 5. The van der Waals surface area contributed by atoms with E-state index in [0.717, 1.165) is 0 Å². The number of carbonyl (C=O) groups is 3. The van der Waals surface area contributed by atoms with Crippen molar-refractivity contribution in [3.05, 3.63) is 99.3 Å². The predicted molar refractivity (Wildman–Crippen MR) is 141 cm³/mol. The Kier molecular flexibility index (Phi) is 7.99. The van der Waals surface area contributed by atoms with Gasteiger partial charge >= 0.3 is 5.97 Å². The Morgan fingerprint density at radius 3 is 2.34 bits per heavy atom. The molecule has 4 rings (SSSR count). The molecule has 8 nitrogen and oxygen atoms in total. The molecule has 1 aliphatic heterocycles. The van der Waals surface area contributed by atoms with Gasteiger partial charge < -0.3 is 20.6 Å². The molecule has 11 heteroatoms.